The van der Waals surface area contributed by atoms with Crippen LogP contribution < -0.4 is 4.90 Å². The van der Waals surface area contributed by atoms with Crippen molar-refractivity contribution in [2.45, 2.75) is 37.5 Å². The Morgan fingerprint density at radius 1 is 1.03 bits per heavy atom. The second kappa shape index (κ2) is 12.0. The zero-order valence-corrected chi connectivity index (χ0v) is 20.6. The van der Waals surface area contributed by atoms with E-state index >= 15 is 0 Å². The summed E-state index contributed by atoms with van der Waals surface area (Å²) in [5.74, 6) is -1.41. The Morgan fingerprint density at radius 2 is 1.71 bits per heavy atom. The number of hydrogen-bond donors (Lipinski definition) is 1. The van der Waals surface area contributed by atoms with E-state index < -0.39 is 22.9 Å². The fourth-order valence-electron chi connectivity index (χ4n) is 3.36. The van der Waals surface area contributed by atoms with E-state index in [1.54, 1.807) is 12.1 Å². The van der Waals surface area contributed by atoms with E-state index in [-0.39, 0.29) is 21.8 Å². The number of unbranched alkanes of at least 4 members (excludes halogenated alkanes) is 3. The van der Waals surface area contributed by atoms with Crippen molar-refractivity contribution >= 4 is 45.9 Å². The molecule has 3 aromatic rings. The molecule has 0 saturated carbocycles. The molecule has 0 aliphatic rings. The van der Waals surface area contributed by atoms with Gasteiger partial charge in [0, 0.05) is 23.3 Å². The molecular weight excluding hydrogens is 474 g/mol. The molecule has 0 fully saturated rings. The third-order valence-corrected chi connectivity index (χ3v) is 7.10. The highest BCUT2D eigenvalue weighted by atomic mass is 35.5. The normalized spacial score (nSPS) is 11.8. The van der Waals surface area contributed by atoms with Crippen LogP contribution in [0.4, 0.5) is 11.4 Å². The lowest BCUT2D eigenvalue weighted by atomic mass is 10.1. The lowest BCUT2D eigenvalue weighted by molar-refractivity contribution is 0.0692. The van der Waals surface area contributed by atoms with Crippen molar-refractivity contribution in [3.63, 3.8) is 0 Å². The molecule has 0 spiro atoms. The molecule has 0 aliphatic heterocycles. The van der Waals surface area contributed by atoms with Crippen molar-refractivity contribution in [1.29, 1.82) is 0 Å². The third-order valence-electron chi connectivity index (χ3n) is 5.34. The van der Waals surface area contributed by atoms with Crippen LogP contribution in [0.15, 0.2) is 59.8 Å². The third kappa shape index (κ3) is 6.34. The number of nitrogens with zero attached hydrogens (tertiary/aromatic N) is 3. The van der Waals surface area contributed by atoms with Gasteiger partial charge in [-0.1, -0.05) is 31.4 Å². The van der Waals surface area contributed by atoms with Crippen molar-refractivity contribution in [1.82, 2.24) is 9.97 Å². The summed E-state index contributed by atoms with van der Waals surface area (Å²) in [6.07, 6.45) is 6.85. The van der Waals surface area contributed by atoms with Gasteiger partial charge in [0.25, 0.3) is 0 Å². The molecular formula is C25H26ClN3O4S. The number of halogens is 1. The van der Waals surface area contributed by atoms with Gasteiger partial charge in [0.15, 0.2) is 4.90 Å². The van der Waals surface area contributed by atoms with Gasteiger partial charge < -0.3 is 14.6 Å². The highest BCUT2D eigenvalue weighted by Crippen LogP contribution is 2.25. The van der Waals surface area contributed by atoms with Gasteiger partial charge in [0.1, 0.15) is 11.3 Å². The standard InChI is InChI=1S/C25H26ClN3O4S/c1-3-4-5-6-13-34(33)22-12-7-17(14-21(22)25(31)32)23(30)24-27-15-20(16-28-24)29(2)19-10-8-18(26)9-11-19/h7-12,14-16H,3-6,13H2,1-2H3,(H,31,32). The molecule has 7 nitrogen and oxygen atoms in total. The number of benzene rings is 2. The lowest BCUT2D eigenvalue weighted by Crippen LogP contribution is -2.15. The summed E-state index contributed by atoms with van der Waals surface area (Å²) >= 11 is 4.48. The maximum Gasteiger partial charge on any atom is 0.340 e. The van der Waals surface area contributed by atoms with Crippen molar-refractivity contribution in [2.75, 3.05) is 17.7 Å². The van der Waals surface area contributed by atoms with E-state index in [0.29, 0.717) is 16.5 Å². The monoisotopic (exact) mass is 499 g/mol. The van der Waals surface area contributed by atoms with Crippen LogP contribution in [0.5, 0.6) is 0 Å². The molecule has 0 bridgehead atoms. The maximum atomic E-state index is 12.9. The fraction of sp³-hybridized carbons (Fsp3) is 0.280. The number of aromatic carboxylic acids is 1. The number of anilines is 2. The molecule has 1 aromatic heterocycles. The van der Waals surface area contributed by atoms with Crippen LogP contribution in [0.25, 0.3) is 0 Å². The molecule has 2 aromatic carbocycles. The SMILES string of the molecule is CCCCCC[S+]([O-])c1ccc(C(=O)c2ncc(N(C)c3ccc(Cl)cc3)cn2)cc1C(=O)O. The largest absolute Gasteiger partial charge is 0.611 e. The van der Waals surface area contributed by atoms with Crippen LogP contribution in [0.2, 0.25) is 5.02 Å². The summed E-state index contributed by atoms with van der Waals surface area (Å²) in [6, 6.07) is 11.4. The number of rotatable bonds is 11. The first-order chi connectivity index (χ1) is 16.3. The van der Waals surface area contributed by atoms with Crippen molar-refractivity contribution in [3.05, 3.63) is 76.8 Å². The predicted molar refractivity (Wildman–Crippen MR) is 134 cm³/mol. The smallest absolute Gasteiger partial charge is 0.340 e. The van der Waals surface area contributed by atoms with Gasteiger partial charge in [-0.3, -0.25) is 4.79 Å². The minimum absolute atomic E-state index is 0.0574. The van der Waals surface area contributed by atoms with E-state index in [2.05, 4.69) is 16.9 Å². The van der Waals surface area contributed by atoms with Crippen LogP contribution in [-0.4, -0.2) is 44.2 Å². The van der Waals surface area contributed by atoms with Crippen LogP contribution in [0.1, 0.15) is 59.1 Å². The second-order valence-corrected chi connectivity index (χ2v) is 9.73. The van der Waals surface area contributed by atoms with E-state index in [0.717, 1.165) is 31.4 Å². The number of aromatic nitrogens is 2. The topological polar surface area (TPSA) is 106 Å². The fourth-order valence-corrected chi connectivity index (χ4v) is 4.78. The Balaban J connectivity index is 1.77. The number of carbonyl (C=O) groups excluding carboxylic acids is 1. The van der Waals surface area contributed by atoms with Gasteiger partial charge in [0.2, 0.25) is 11.6 Å². The molecule has 3 rings (SSSR count). The second-order valence-electron chi connectivity index (χ2n) is 7.76. The Morgan fingerprint density at radius 3 is 2.32 bits per heavy atom. The van der Waals surface area contributed by atoms with Gasteiger partial charge >= 0.3 is 5.97 Å². The molecule has 0 radical (unpaired) electrons. The molecule has 1 unspecified atom stereocenters. The number of carbonyl (C=O) groups is 2. The average Bonchev–Trinajstić information content (AvgIpc) is 2.85. The summed E-state index contributed by atoms with van der Waals surface area (Å²) in [4.78, 5) is 35.1. The number of carboxylic acids is 1. The first-order valence-electron chi connectivity index (χ1n) is 10.9. The van der Waals surface area contributed by atoms with Gasteiger partial charge in [0.05, 0.1) is 18.1 Å². The zero-order valence-electron chi connectivity index (χ0n) is 19.0. The Kier molecular flexibility index (Phi) is 9.04. The molecule has 0 amide bonds. The maximum absolute atomic E-state index is 12.9. The van der Waals surface area contributed by atoms with Crippen LogP contribution >= 0.6 is 11.6 Å². The molecule has 1 N–H and O–H groups in total. The summed E-state index contributed by atoms with van der Waals surface area (Å²) < 4.78 is 12.6. The molecule has 1 heterocycles. The van der Waals surface area contributed by atoms with Crippen molar-refractivity contribution in [2.24, 2.45) is 0 Å². The van der Waals surface area contributed by atoms with Crippen LogP contribution in [0.3, 0.4) is 0 Å². The first-order valence-corrected chi connectivity index (χ1v) is 12.6. The van der Waals surface area contributed by atoms with Crippen molar-refractivity contribution in [3.8, 4) is 0 Å². The Labute approximate surface area is 207 Å². The van der Waals surface area contributed by atoms with Gasteiger partial charge in [-0.15, -0.1) is 0 Å². The minimum atomic E-state index is -1.45. The van der Waals surface area contributed by atoms with Gasteiger partial charge in [-0.25, -0.2) is 14.8 Å². The molecule has 9 heteroatoms. The summed E-state index contributed by atoms with van der Waals surface area (Å²) in [6.45, 7) is 2.09. The molecule has 1 atom stereocenters. The molecule has 0 saturated heterocycles. The van der Waals surface area contributed by atoms with Gasteiger partial charge in [-0.05, 0) is 66.5 Å². The van der Waals surface area contributed by atoms with E-state index in [1.165, 1.54) is 30.6 Å². The predicted octanol–water partition coefficient (Wildman–Crippen LogP) is 5.52. The Hall–Kier alpha value is -2.94. The van der Waals surface area contributed by atoms with Crippen LogP contribution in [-0.2, 0) is 11.2 Å². The zero-order chi connectivity index (χ0) is 24.7. The highest BCUT2D eigenvalue weighted by molar-refractivity contribution is 7.91. The van der Waals surface area contributed by atoms with Crippen LogP contribution in [0, 0.1) is 0 Å². The lowest BCUT2D eigenvalue weighted by Gasteiger charge is -2.18. The van der Waals surface area contributed by atoms with Crippen molar-refractivity contribution < 1.29 is 19.2 Å². The Bertz CT molecular complexity index is 1140. The minimum Gasteiger partial charge on any atom is -0.611 e. The van der Waals surface area contributed by atoms with E-state index in [9.17, 15) is 19.2 Å². The highest BCUT2D eigenvalue weighted by Gasteiger charge is 2.24. The quantitative estimate of drug-likeness (QED) is 0.210. The van der Waals surface area contributed by atoms with E-state index in [1.807, 2.05) is 24.1 Å². The number of ketones is 1. The van der Waals surface area contributed by atoms with Gasteiger partial charge in [-0.2, -0.15) is 0 Å². The molecule has 178 valence electrons. The summed E-state index contributed by atoms with van der Waals surface area (Å²) in [5, 5.41) is 10.3. The number of hydrogen-bond acceptors (Lipinski definition) is 6. The molecule has 0 aliphatic carbocycles. The average molecular weight is 500 g/mol. The number of carboxylic acid groups (broad SMARTS) is 1. The molecule has 34 heavy (non-hydrogen) atoms. The summed E-state index contributed by atoms with van der Waals surface area (Å²) in [5.41, 5.74) is 1.53. The van der Waals surface area contributed by atoms with E-state index in [4.69, 9.17) is 11.6 Å². The summed E-state index contributed by atoms with van der Waals surface area (Å²) in [7, 11) is 1.84. The first kappa shape index (κ1) is 25.7.